The Hall–Kier alpha value is -0.150. The molecule has 1 aromatic carbocycles. The Balaban J connectivity index is 2.75. The second-order valence-corrected chi connectivity index (χ2v) is 5.90. The molecular formula is C13H16Br2O. The molecule has 0 aliphatic rings. The van der Waals surface area contributed by atoms with Crippen LogP contribution in [0.3, 0.4) is 0 Å². The van der Waals surface area contributed by atoms with Gasteiger partial charge in [-0.3, -0.25) is 4.79 Å². The molecule has 0 fully saturated rings. The van der Waals surface area contributed by atoms with Crippen molar-refractivity contribution in [2.75, 3.05) is 0 Å². The highest BCUT2D eigenvalue weighted by atomic mass is 79.9. The van der Waals surface area contributed by atoms with Crippen LogP contribution in [-0.4, -0.2) is 10.6 Å². The second-order valence-electron chi connectivity index (χ2n) is 3.93. The summed E-state index contributed by atoms with van der Waals surface area (Å²) in [5.74, 6) is 0.362. The van der Waals surface area contributed by atoms with Gasteiger partial charge in [-0.25, -0.2) is 0 Å². The minimum absolute atomic E-state index is 0.0372. The monoisotopic (exact) mass is 346 g/mol. The summed E-state index contributed by atoms with van der Waals surface area (Å²) < 4.78 is 0. The quantitative estimate of drug-likeness (QED) is 0.716. The van der Waals surface area contributed by atoms with Gasteiger partial charge in [0.25, 0.3) is 0 Å². The average Bonchev–Trinajstić information content (AvgIpc) is 2.36. The van der Waals surface area contributed by atoms with Crippen LogP contribution in [0.2, 0.25) is 0 Å². The van der Waals surface area contributed by atoms with E-state index in [1.807, 2.05) is 44.2 Å². The Labute approximate surface area is 114 Å². The third kappa shape index (κ3) is 3.42. The molecule has 3 heteroatoms. The van der Waals surface area contributed by atoms with E-state index in [-0.39, 0.29) is 21.4 Å². The highest BCUT2D eigenvalue weighted by molar-refractivity contribution is 9.12. The van der Waals surface area contributed by atoms with E-state index in [0.717, 1.165) is 12.0 Å². The van der Waals surface area contributed by atoms with Crippen LogP contribution >= 0.6 is 31.9 Å². The third-order valence-corrected chi connectivity index (χ3v) is 5.49. The lowest BCUT2D eigenvalue weighted by Crippen LogP contribution is -2.24. The first kappa shape index (κ1) is 13.9. The van der Waals surface area contributed by atoms with Crippen LogP contribution in [-0.2, 0) is 4.79 Å². The first-order valence-corrected chi connectivity index (χ1v) is 7.27. The Bertz CT molecular complexity index is 337. The molecule has 0 aliphatic heterocycles. The minimum atomic E-state index is -0.162. The van der Waals surface area contributed by atoms with Gasteiger partial charge in [0.1, 0.15) is 0 Å². The van der Waals surface area contributed by atoms with Crippen LogP contribution in [0.4, 0.5) is 0 Å². The molecule has 0 N–H and O–H groups in total. The fourth-order valence-corrected chi connectivity index (χ4v) is 2.75. The van der Waals surface area contributed by atoms with Crippen molar-refractivity contribution in [3.05, 3.63) is 35.9 Å². The van der Waals surface area contributed by atoms with E-state index in [1.54, 1.807) is 0 Å². The molecule has 0 unspecified atom stereocenters. The van der Waals surface area contributed by atoms with E-state index in [0.29, 0.717) is 0 Å². The van der Waals surface area contributed by atoms with Gasteiger partial charge in [-0.05, 0) is 12.0 Å². The predicted octanol–water partition coefficient (Wildman–Crippen LogP) is 4.50. The fraction of sp³-hybridized carbons (Fsp3) is 0.462. The summed E-state index contributed by atoms with van der Waals surface area (Å²) >= 11 is 7.07. The maximum absolute atomic E-state index is 12.0. The van der Waals surface area contributed by atoms with Crippen LogP contribution < -0.4 is 0 Å². The lowest BCUT2D eigenvalue weighted by atomic mass is 9.97. The maximum Gasteiger partial charge on any atom is 0.150 e. The Kier molecular flexibility index (Phi) is 5.70. The maximum atomic E-state index is 12.0. The zero-order chi connectivity index (χ0) is 12.1. The number of alkyl halides is 2. The summed E-state index contributed by atoms with van der Waals surface area (Å²) in [6.45, 7) is 4.01. The summed E-state index contributed by atoms with van der Waals surface area (Å²) in [4.78, 5) is 11.9. The predicted molar refractivity (Wildman–Crippen MR) is 75.3 cm³/mol. The van der Waals surface area contributed by atoms with Gasteiger partial charge < -0.3 is 0 Å². The third-order valence-electron chi connectivity index (χ3n) is 2.74. The smallest absolute Gasteiger partial charge is 0.150 e. The summed E-state index contributed by atoms with van der Waals surface area (Å²) in [6, 6.07) is 9.99. The topological polar surface area (TPSA) is 17.1 Å². The van der Waals surface area contributed by atoms with Gasteiger partial charge in [-0.1, -0.05) is 76.0 Å². The zero-order valence-corrected chi connectivity index (χ0v) is 12.7. The summed E-state index contributed by atoms with van der Waals surface area (Å²) in [5.41, 5.74) is 1.13. The first-order chi connectivity index (χ1) is 7.57. The molecule has 0 amide bonds. The number of rotatable bonds is 5. The van der Waals surface area contributed by atoms with Crippen molar-refractivity contribution >= 4 is 37.6 Å². The molecule has 16 heavy (non-hydrogen) atoms. The molecular weight excluding hydrogens is 332 g/mol. The minimum Gasteiger partial charge on any atom is -0.298 e. The molecule has 0 aromatic heterocycles. The average molecular weight is 348 g/mol. The first-order valence-electron chi connectivity index (χ1n) is 5.44. The van der Waals surface area contributed by atoms with E-state index >= 15 is 0 Å². The number of halogens is 2. The van der Waals surface area contributed by atoms with Crippen molar-refractivity contribution in [1.29, 1.82) is 0 Å². The van der Waals surface area contributed by atoms with Gasteiger partial charge in [-0.15, -0.1) is 0 Å². The molecule has 0 heterocycles. The normalized spacial score (nSPS) is 16.5. The molecule has 0 radical (unpaired) electrons. The van der Waals surface area contributed by atoms with Gasteiger partial charge in [0, 0.05) is 5.92 Å². The van der Waals surface area contributed by atoms with Crippen molar-refractivity contribution in [1.82, 2.24) is 0 Å². The van der Waals surface area contributed by atoms with Crippen molar-refractivity contribution in [2.45, 2.75) is 29.9 Å². The van der Waals surface area contributed by atoms with Crippen molar-refractivity contribution in [2.24, 2.45) is 5.92 Å². The van der Waals surface area contributed by atoms with Gasteiger partial charge in [0.2, 0.25) is 0 Å². The summed E-state index contributed by atoms with van der Waals surface area (Å²) in [5, 5.41) is 0. The zero-order valence-electron chi connectivity index (χ0n) is 9.49. The lowest BCUT2D eigenvalue weighted by Gasteiger charge is -2.19. The molecule has 1 rings (SSSR count). The number of hydrogen-bond acceptors (Lipinski definition) is 1. The van der Waals surface area contributed by atoms with Crippen LogP contribution in [0.1, 0.15) is 30.7 Å². The summed E-state index contributed by atoms with van der Waals surface area (Å²) in [6.07, 6.45) is 0.884. The van der Waals surface area contributed by atoms with E-state index in [2.05, 4.69) is 31.9 Å². The molecule has 1 nitrogen and oxygen atoms in total. The van der Waals surface area contributed by atoms with Gasteiger partial charge in [-0.2, -0.15) is 0 Å². The number of Topliss-reactive ketones (excluding diaryl/α,β-unsaturated/α-hetero) is 1. The number of carbonyl (C=O) groups is 1. The van der Waals surface area contributed by atoms with Crippen molar-refractivity contribution in [3.63, 3.8) is 0 Å². The van der Waals surface area contributed by atoms with E-state index in [9.17, 15) is 4.79 Å². The highest BCUT2D eigenvalue weighted by Crippen LogP contribution is 2.33. The molecule has 0 bridgehead atoms. The number of benzene rings is 1. The molecule has 0 saturated carbocycles. The van der Waals surface area contributed by atoms with Crippen LogP contribution in [0.5, 0.6) is 0 Å². The highest BCUT2D eigenvalue weighted by Gasteiger charge is 2.27. The van der Waals surface area contributed by atoms with Gasteiger partial charge >= 0.3 is 0 Å². The van der Waals surface area contributed by atoms with E-state index < -0.39 is 0 Å². The largest absolute Gasteiger partial charge is 0.298 e. The number of hydrogen-bond donors (Lipinski definition) is 0. The molecule has 0 saturated heterocycles. The molecule has 3 atom stereocenters. The van der Waals surface area contributed by atoms with Gasteiger partial charge in [0.05, 0.1) is 9.65 Å². The van der Waals surface area contributed by atoms with Crippen molar-refractivity contribution < 1.29 is 4.79 Å². The van der Waals surface area contributed by atoms with E-state index in [4.69, 9.17) is 0 Å². The molecule has 88 valence electrons. The SMILES string of the molecule is CC[C@@H](C)C(=O)[C@H](Br)[C@H](Br)c1ccccc1. The van der Waals surface area contributed by atoms with Crippen LogP contribution in [0.15, 0.2) is 30.3 Å². The Morgan fingerprint density at radius 2 is 1.81 bits per heavy atom. The standard InChI is InChI=1S/C13H16Br2O/c1-3-9(2)13(16)12(15)11(14)10-7-5-4-6-8-10/h4-9,11-12H,3H2,1-2H3/t9-,11-,12-/m1/s1. The van der Waals surface area contributed by atoms with Crippen LogP contribution in [0.25, 0.3) is 0 Å². The fourth-order valence-electron chi connectivity index (χ4n) is 1.42. The molecule has 0 spiro atoms. The summed E-state index contributed by atoms with van der Waals surface area (Å²) in [7, 11) is 0. The second kappa shape index (κ2) is 6.55. The van der Waals surface area contributed by atoms with E-state index in [1.165, 1.54) is 0 Å². The van der Waals surface area contributed by atoms with Crippen molar-refractivity contribution in [3.8, 4) is 0 Å². The molecule has 0 aliphatic carbocycles. The lowest BCUT2D eigenvalue weighted by molar-refractivity contribution is -0.121. The Morgan fingerprint density at radius 1 is 1.25 bits per heavy atom. The number of ketones is 1. The van der Waals surface area contributed by atoms with Gasteiger partial charge in [0.15, 0.2) is 5.78 Å². The van der Waals surface area contributed by atoms with Crippen LogP contribution in [0, 0.1) is 5.92 Å². The number of carbonyl (C=O) groups excluding carboxylic acids is 1. The Morgan fingerprint density at radius 3 is 2.31 bits per heavy atom. The molecule has 1 aromatic rings.